The SMILES string of the molecule is CNCC1CCN(S(=O)(=O)N(C)C2CCN(C)CC2)CC1. The van der Waals surface area contributed by atoms with Gasteiger partial charge < -0.3 is 10.2 Å². The van der Waals surface area contributed by atoms with E-state index in [4.69, 9.17) is 0 Å². The van der Waals surface area contributed by atoms with Gasteiger partial charge in [-0.2, -0.15) is 17.0 Å². The molecule has 2 fully saturated rings. The van der Waals surface area contributed by atoms with Crippen LogP contribution in [0.4, 0.5) is 0 Å². The Hall–Kier alpha value is -0.210. The van der Waals surface area contributed by atoms with Crippen molar-refractivity contribution in [1.82, 2.24) is 18.8 Å². The molecule has 21 heavy (non-hydrogen) atoms. The molecule has 124 valence electrons. The molecule has 2 rings (SSSR count). The Kier molecular flexibility index (Phi) is 6.02. The molecule has 0 amide bonds. The molecule has 0 atom stereocenters. The van der Waals surface area contributed by atoms with Crippen molar-refractivity contribution in [3.05, 3.63) is 0 Å². The summed E-state index contributed by atoms with van der Waals surface area (Å²) >= 11 is 0. The first-order chi connectivity index (χ1) is 9.95. The number of piperidine rings is 2. The van der Waals surface area contributed by atoms with Crippen LogP contribution < -0.4 is 5.32 Å². The highest BCUT2D eigenvalue weighted by Gasteiger charge is 2.35. The minimum Gasteiger partial charge on any atom is -0.319 e. The molecule has 2 heterocycles. The summed E-state index contributed by atoms with van der Waals surface area (Å²) in [6.45, 7) is 4.26. The number of nitrogens with one attached hydrogen (secondary N) is 1. The monoisotopic (exact) mass is 318 g/mol. The minimum atomic E-state index is -3.29. The molecular formula is C14H30N4O2S. The van der Waals surface area contributed by atoms with Crippen LogP contribution in [-0.4, -0.2) is 81.8 Å². The first kappa shape index (κ1) is 17.1. The molecule has 2 saturated heterocycles. The van der Waals surface area contributed by atoms with E-state index < -0.39 is 10.2 Å². The lowest BCUT2D eigenvalue weighted by Crippen LogP contribution is -2.51. The normalized spacial score (nSPS) is 24.8. The molecule has 0 saturated carbocycles. The summed E-state index contributed by atoms with van der Waals surface area (Å²) in [5.74, 6) is 0.607. The second kappa shape index (κ2) is 7.37. The molecule has 0 spiro atoms. The Labute approximate surface area is 129 Å². The molecule has 0 aromatic rings. The van der Waals surface area contributed by atoms with E-state index in [-0.39, 0.29) is 6.04 Å². The van der Waals surface area contributed by atoms with Gasteiger partial charge >= 0.3 is 0 Å². The molecule has 0 aliphatic carbocycles. The summed E-state index contributed by atoms with van der Waals surface area (Å²) in [7, 11) is 2.52. The van der Waals surface area contributed by atoms with E-state index in [1.54, 1.807) is 15.7 Å². The summed E-state index contributed by atoms with van der Waals surface area (Å²) < 4.78 is 28.8. The standard InChI is InChI=1S/C14H30N4O2S/c1-15-12-13-4-10-18(11-5-13)21(19,20)17(3)14-6-8-16(2)9-7-14/h13-15H,4-12H2,1-3H3. The van der Waals surface area contributed by atoms with E-state index in [0.717, 1.165) is 45.3 Å². The molecule has 0 radical (unpaired) electrons. The van der Waals surface area contributed by atoms with E-state index in [1.807, 2.05) is 7.05 Å². The highest BCUT2D eigenvalue weighted by atomic mass is 32.2. The van der Waals surface area contributed by atoms with Crippen molar-refractivity contribution in [2.24, 2.45) is 5.92 Å². The number of hydrogen-bond acceptors (Lipinski definition) is 4. The van der Waals surface area contributed by atoms with Crippen molar-refractivity contribution in [2.45, 2.75) is 31.7 Å². The van der Waals surface area contributed by atoms with Gasteiger partial charge in [0.1, 0.15) is 0 Å². The molecule has 1 N–H and O–H groups in total. The molecule has 0 aromatic carbocycles. The summed E-state index contributed by atoms with van der Waals surface area (Å²) in [4.78, 5) is 2.26. The lowest BCUT2D eigenvalue weighted by Gasteiger charge is -2.39. The van der Waals surface area contributed by atoms with Gasteiger partial charge in [0.25, 0.3) is 10.2 Å². The van der Waals surface area contributed by atoms with Crippen LogP contribution in [0.1, 0.15) is 25.7 Å². The zero-order valence-electron chi connectivity index (χ0n) is 13.6. The average Bonchev–Trinajstić information content (AvgIpc) is 2.48. The first-order valence-corrected chi connectivity index (χ1v) is 9.41. The molecule has 0 bridgehead atoms. The van der Waals surface area contributed by atoms with Crippen LogP contribution in [0.5, 0.6) is 0 Å². The molecule has 2 aliphatic heterocycles. The third-order valence-corrected chi connectivity index (χ3v) is 7.00. The van der Waals surface area contributed by atoms with Gasteiger partial charge in [-0.3, -0.25) is 0 Å². The molecule has 0 aromatic heterocycles. The summed E-state index contributed by atoms with van der Waals surface area (Å²) in [6, 6.07) is 0.154. The Balaban J connectivity index is 1.92. The molecule has 6 nitrogen and oxygen atoms in total. The van der Waals surface area contributed by atoms with Crippen LogP contribution in [0.3, 0.4) is 0 Å². The zero-order chi connectivity index (χ0) is 15.5. The third kappa shape index (κ3) is 4.16. The predicted molar refractivity (Wildman–Crippen MR) is 85.4 cm³/mol. The lowest BCUT2D eigenvalue weighted by atomic mass is 9.98. The summed E-state index contributed by atoms with van der Waals surface area (Å²) in [6.07, 6.45) is 3.79. The molecule has 0 unspecified atom stereocenters. The zero-order valence-corrected chi connectivity index (χ0v) is 14.4. The van der Waals surface area contributed by atoms with Gasteiger partial charge in [0.05, 0.1) is 0 Å². The molecular weight excluding hydrogens is 288 g/mol. The Bertz CT molecular complexity index is 413. The Morgan fingerprint density at radius 1 is 1.10 bits per heavy atom. The van der Waals surface area contributed by atoms with Gasteiger partial charge in [0.2, 0.25) is 0 Å². The highest BCUT2D eigenvalue weighted by molar-refractivity contribution is 7.86. The lowest BCUT2D eigenvalue weighted by molar-refractivity contribution is 0.184. The van der Waals surface area contributed by atoms with Crippen LogP contribution >= 0.6 is 0 Å². The van der Waals surface area contributed by atoms with Crippen LogP contribution in [0.2, 0.25) is 0 Å². The molecule has 2 aliphatic rings. The largest absolute Gasteiger partial charge is 0.319 e. The van der Waals surface area contributed by atoms with E-state index in [0.29, 0.717) is 19.0 Å². The van der Waals surface area contributed by atoms with Gasteiger partial charge in [-0.1, -0.05) is 0 Å². The smallest absolute Gasteiger partial charge is 0.281 e. The summed E-state index contributed by atoms with van der Waals surface area (Å²) in [5, 5.41) is 3.19. The Morgan fingerprint density at radius 2 is 1.67 bits per heavy atom. The predicted octanol–water partition coefficient (Wildman–Crippen LogP) is 0.189. The Morgan fingerprint density at radius 3 is 2.19 bits per heavy atom. The summed E-state index contributed by atoms with van der Waals surface area (Å²) in [5.41, 5.74) is 0. The van der Waals surface area contributed by atoms with Gasteiger partial charge in [-0.05, 0) is 65.3 Å². The van der Waals surface area contributed by atoms with Crippen LogP contribution in [0.15, 0.2) is 0 Å². The maximum absolute atomic E-state index is 12.8. The number of rotatable bonds is 5. The van der Waals surface area contributed by atoms with Gasteiger partial charge in [-0.15, -0.1) is 0 Å². The number of nitrogens with zero attached hydrogens (tertiary/aromatic N) is 3. The fraction of sp³-hybridized carbons (Fsp3) is 1.00. The van der Waals surface area contributed by atoms with Crippen LogP contribution in [-0.2, 0) is 10.2 Å². The van der Waals surface area contributed by atoms with E-state index in [1.165, 1.54) is 0 Å². The maximum Gasteiger partial charge on any atom is 0.281 e. The van der Waals surface area contributed by atoms with Crippen molar-refractivity contribution >= 4 is 10.2 Å². The first-order valence-electron chi connectivity index (χ1n) is 8.01. The molecule has 7 heteroatoms. The topological polar surface area (TPSA) is 55.9 Å². The van der Waals surface area contributed by atoms with Crippen LogP contribution in [0.25, 0.3) is 0 Å². The van der Waals surface area contributed by atoms with Crippen molar-refractivity contribution in [3.63, 3.8) is 0 Å². The van der Waals surface area contributed by atoms with Gasteiger partial charge in [-0.25, -0.2) is 0 Å². The van der Waals surface area contributed by atoms with E-state index in [2.05, 4.69) is 17.3 Å². The fourth-order valence-corrected chi connectivity index (χ4v) is 4.99. The van der Waals surface area contributed by atoms with Crippen molar-refractivity contribution in [2.75, 3.05) is 53.9 Å². The van der Waals surface area contributed by atoms with E-state index in [9.17, 15) is 8.42 Å². The average molecular weight is 318 g/mol. The second-order valence-electron chi connectivity index (χ2n) is 6.46. The van der Waals surface area contributed by atoms with Crippen molar-refractivity contribution < 1.29 is 8.42 Å². The maximum atomic E-state index is 12.8. The van der Waals surface area contributed by atoms with Crippen molar-refractivity contribution in [3.8, 4) is 0 Å². The third-order valence-electron chi connectivity index (χ3n) is 4.96. The minimum absolute atomic E-state index is 0.154. The van der Waals surface area contributed by atoms with E-state index >= 15 is 0 Å². The van der Waals surface area contributed by atoms with Crippen molar-refractivity contribution in [1.29, 1.82) is 0 Å². The number of hydrogen-bond donors (Lipinski definition) is 1. The quantitative estimate of drug-likeness (QED) is 0.786. The van der Waals surface area contributed by atoms with Gasteiger partial charge in [0.15, 0.2) is 0 Å². The van der Waals surface area contributed by atoms with Gasteiger partial charge in [0, 0.05) is 26.2 Å². The number of likely N-dealkylation sites (tertiary alicyclic amines) is 1. The highest BCUT2D eigenvalue weighted by Crippen LogP contribution is 2.24. The fourth-order valence-electron chi connectivity index (χ4n) is 3.36. The second-order valence-corrected chi connectivity index (χ2v) is 8.45. The van der Waals surface area contributed by atoms with Crippen LogP contribution in [0, 0.1) is 5.92 Å².